The minimum absolute atomic E-state index is 0.285. The van der Waals surface area contributed by atoms with Gasteiger partial charge in [-0.3, -0.25) is 0 Å². The van der Waals surface area contributed by atoms with Crippen molar-refractivity contribution in [2.45, 2.75) is 40.5 Å². The lowest BCUT2D eigenvalue weighted by Gasteiger charge is -2.14. The molecule has 8 rings (SSSR count). The molecule has 4 aromatic carbocycles. The zero-order chi connectivity index (χ0) is 40.1. The predicted octanol–water partition coefficient (Wildman–Crippen LogP) is 9.56. The molecule has 0 bridgehead atoms. The second-order valence-corrected chi connectivity index (χ2v) is 11.6. The van der Waals surface area contributed by atoms with E-state index in [4.69, 9.17) is 36.3 Å². The lowest BCUT2D eigenvalue weighted by molar-refractivity contribution is 0.356. The predicted molar refractivity (Wildman–Crippen MR) is 222 cm³/mol. The lowest BCUT2D eigenvalue weighted by atomic mass is 10.1. The molecule has 2 aliphatic carbocycles. The zero-order valence-corrected chi connectivity index (χ0v) is 33.0. The van der Waals surface area contributed by atoms with Gasteiger partial charge in [-0.1, -0.05) is 63.6 Å². The number of halogens is 1. The van der Waals surface area contributed by atoms with Crippen molar-refractivity contribution in [3.05, 3.63) is 101 Å². The maximum absolute atomic E-state index is 9.98. The van der Waals surface area contributed by atoms with Crippen molar-refractivity contribution in [2.75, 3.05) is 39.5 Å². The molecular formula is C42H47ClN6O6. The molecule has 0 aliphatic heterocycles. The van der Waals surface area contributed by atoms with Crippen molar-refractivity contribution in [1.29, 1.82) is 0 Å². The molecule has 6 aromatic rings. The second-order valence-electron chi connectivity index (χ2n) is 11.3. The number of allylic oxidation sites excluding steroid dienone is 2. The third-order valence-electron chi connectivity index (χ3n) is 8.40. The third-order valence-corrected chi connectivity index (χ3v) is 8.70. The highest BCUT2D eigenvalue weighted by Gasteiger charge is 2.17. The highest BCUT2D eigenvalue weighted by Crippen LogP contribution is 2.38. The van der Waals surface area contributed by atoms with E-state index < -0.39 is 0 Å². The first-order valence-electron chi connectivity index (χ1n) is 17.7. The maximum Gasteiger partial charge on any atom is 0.162 e. The number of phenols is 2. The number of aromatic nitrogens is 4. The third kappa shape index (κ3) is 9.28. The molecule has 0 amide bonds. The van der Waals surface area contributed by atoms with Gasteiger partial charge in [-0.15, -0.1) is 0 Å². The Hall–Kier alpha value is -6.27. The van der Waals surface area contributed by atoms with E-state index in [1.54, 1.807) is 58.8 Å². The number of nitrogens with zero attached hydrogens (tertiary/aromatic N) is 4. The lowest BCUT2D eigenvalue weighted by Crippen LogP contribution is -2.00. The highest BCUT2D eigenvalue weighted by molar-refractivity contribution is 6.34. The largest absolute Gasteiger partial charge is 0.507 e. The van der Waals surface area contributed by atoms with E-state index >= 15 is 0 Å². The number of nitrogen functional groups attached to an aromatic ring is 1. The molecule has 0 saturated carbocycles. The molecule has 0 spiro atoms. The van der Waals surface area contributed by atoms with Crippen LogP contribution in [0.2, 0.25) is 5.15 Å². The first-order chi connectivity index (χ1) is 26.8. The van der Waals surface area contributed by atoms with E-state index in [-0.39, 0.29) is 5.75 Å². The van der Waals surface area contributed by atoms with Gasteiger partial charge in [0.2, 0.25) is 0 Å². The summed E-state index contributed by atoms with van der Waals surface area (Å²) in [5.41, 5.74) is 12.7. The number of methoxy groups -OCH3 is 4. The number of anilines is 3. The van der Waals surface area contributed by atoms with Crippen LogP contribution in [0.3, 0.4) is 0 Å². The van der Waals surface area contributed by atoms with Crippen molar-refractivity contribution >= 4 is 62.8 Å². The van der Waals surface area contributed by atoms with Gasteiger partial charge < -0.3 is 40.2 Å². The van der Waals surface area contributed by atoms with Crippen LogP contribution in [0.1, 0.15) is 49.9 Å². The number of hydrogen-bond donors (Lipinski definition) is 4. The minimum atomic E-state index is 0.285. The molecule has 55 heavy (non-hydrogen) atoms. The average molecular weight is 767 g/mol. The molecule has 2 aliphatic rings. The molecule has 0 radical (unpaired) electrons. The Morgan fingerprint density at radius 1 is 0.618 bits per heavy atom. The van der Waals surface area contributed by atoms with E-state index in [1.807, 2.05) is 70.2 Å². The number of rotatable bonds is 6. The van der Waals surface area contributed by atoms with Gasteiger partial charge in [0.15, 0.2) is 23.0 Å². The fourth-order valence-corrected chi connectivity index (χ4v) is 6.00. The molecule has 12 nitrogen and oxygen atoms in total. The SMILES string of the molecule is CC.CC.COc1cc2ncnc(Cl)c2cc1OC.COc1cc2ncnc(Nc3ccc(O)c4c3CC=C4)c2cc1OC.Nc1ccc(O)c2c1CC=C2. The maximum atomic E-state index is 9.98. The van der Waals surface area contributed by atoms with Gasteiger partial charge in [-0.25, -0.2) is 19.9 Å². The molecule has 2 heterocycles. The second kappa shape index (κ2) is 19.7. The molecule has 13 heteroatoms. The number of hydrogen-bond acceptors (Lipinski definition) is 12. The Morgan fingerprint density at radius 3 is 1.65 bits per heavy atom. The Labute approximate surface area is 326 Å². The van der Waals surface area contributed by atoms with Crippen molar-refractivity contribution in [2.24, 2.45) is 0 Å². The molecule has 288 valence electrons. The zero-order valence-electron chi connectivity index (χ0n) is 32.3. The highest BCUT2D eigenvalue weighted by atomic mass is 35.5. The summed E-state index contributed by atoms with van der Waals surface area (Å²) >= 11 is 5.93. The number of phenolic OH excluding ortho intramolecular Hbond substituents is 2. The average Bonchev–Trinajstić information content (AvgIpc) is 3.94. The van der Waals surface area contributed by atoms with Crippen molar-refractivity contribution in [3.8, 4) is 34.5 Å². The Kier molecular flexibility index (Phi) is 14.9. The van der Waals surface area contributed by atoms with Gasteiger partial charge in [-0.2, -0.15) is 0 Å². The fourth-order valence-electron chi connectivity index (χ4n) is 5.81. The van der Waals surface area contributed by atoms with Gasteiger partial charge in [0, 0.05) is 45.4 Å². The van der Waals surface area contributed by atoms with Crippen LogP contribution in [0.5, 0.6) is 34.5 Å². The first kappa shape index (κ1) is 41.5. The van der Waals surface area contributed by atoms with E-state index in [9.17, 15) is 10.2 Å². The van der Waals surface area contributed by atoms with Crippen LogP contribution in [0.4, 0.5) is 17.2 Å². The summed E-state index contributed by atoms with van der Waals surface area (Å²) in [5.74, 6) is 3.75. The standard InChI is InChI=1S/C19H17N3O3.C10H9ClN2O2.C9H9NO.2C2H6/c1-24-17-8-13-15(9-18(17)25-2)20-10-21-19(13)22-14-6-7-16(23)12-5-3-4-11(12)14;1-14-8-3-6-7(4-9(8)15-2)12-5-13-10(6)11;10-8-4-5-9(11)7-3-1-2-6(7)8;2*1-2/h3,5-10,23H,4H2,1-2H3,(H,20,21,22);3-5H,1-2H3;1,3-5,11H,2,10H2;2*1-2H3. The summed E-state index contributed by atoms with van der Waals surface area (Å²) < 4.78 is 21.0. The Bertz CT molecular complexity index is 2310. The van der Waals surface area contributed by atoms with Crippen LogP contribution < -0.4 is 30.0 Å². The number of benzene rings is 4. The molecule has 0 saturated heterocycles. The topological polar surface area (TPSA) is 167 Å². The van der Waals surface area contributed by atoms with Gasteiger partial charge in [0.1, 0.15) is 35.1 Å². The summed E-state index contributed by atoms with van der Waals surface area (Å²) in [6.45, 7) is 8.00. The van der Waals surface area contributed by atoms with Crippen LogP contribution in [0.25, 0.3) is 34.0 Å². The molecule has 0 fully saturated rings. The summed E-state index contributed by atoms with van der Waals surface area (Å²) in [4.78, 5) is 16.7. The minimum Gasteiger partial charge on any atom is -0.507 e. The monoisotopic (exact) mass is 766 g/mol. The normalized spacial score (nSPS) is 11.3. The van der Waals surface area contributed by atoms with Gasteiger partial charge in [0.25, 0.3) is 0 Å². The van der Waals surface area contributed by atoms with E-state index in [0.717, 1.165) is 68.3 Å². The van der Waals surface area contributed by atoms with Crippen molar-refractivity contribution < 1.29 is 29.2 Å². The van der Waals surface area contributed by atoms with Crippen molar-refractivity contribution in [3.63, 3.8) is 0 Å². The van der Waals surface area contributed by atoms with Crippen LogP contribution in [0.15, 0.2) is 73.3 Å². The summed E-state index contributed by atoms with van der Waals surface area (Å²) in [6.07, 6.45) is 12.4. The number of aromatic hydroxyl groups is 2. The smallest absolute Gasteiger partial charge is 0.162 e. The first-order valence-corrected chi connectivity index (χ1v) is 18.1. The number of ether oxygens (including phenoxy) is 4. The molecule has 2 aromatic heterocycles. The van der Waals surface area contributed by atoms with Crippen LogP contribution in [-0.4, -0.2) is 58.6 Å². The van der Waals surface area contributed by atoms with Crippen molar-refractivity contribution in [1.82, 2.24) is 19.9 Å². The number of nitrogens with one attached hydrogen (secondary N) is 1. The number of nitrogens with two attached hydrogens (primary N) is 1. The molecule has 0 atom stereocenters. The van der Waals surface area contributed by atoms with E-state index in [2.05, 4.69) is 25.3 Å². The quantitative estimate of drug-likeness (QED) is 0.0721. The van der Waals surface area contributed by atoms with Crippen LogP contribution in [-0.2, 0) is 12.8 Å². The summed E-state index contributed by atoms with van der Waals surface area (Å²) in [7, 11) is 6.34. The Balaban J connectivity index is 0.000000191. The van der Waals surface area contributed by atoms with E-state index in [1.165, 1.54) is 12.7 Å². The summed E-state index contributed by atoms with van der Waals surface area (Å²) in [5, 5.41) is 24.7. The molecule has 0 unspecified atom stereocenters. The number of fused-ring (bicyclic) bond motifs is 4. The van der Waals surface area contributed by atoms with Gasteiger partial charge in [-0.05, 0) is 60.4 Å². The molecule has 5 N–H and O–H groups in total. The summed E-state index contributed by atoms with van der Waals surface area (Å²) in [6, 6.07) is 14.1. The van der Waals surface area contributed by atoms with E-state index in [0.29, 0.717) is 39.7 Å². The van der Waals surface area contributed by atoms with Crippen LogP contribution >= 0.6 is 11.6 Å². The van der Waals surface area contributed by atoms with Gasteiger partial charge >= 0.3 is 0 Å². The Morgan fingerprint density at radius 2 is 1.09 bits per heavy atom. The van der Waals surface area contributed by atoms with Crippen LogP contribution in [0, 0.1) is 0 Å². The van der Waals surface area contributed by atoms with Gasteiger partial charge in [0.05, 0.1) is 39.5 Å². The molecular weight excluding hydrogens is 720 g/mol. The fraction of sp³-hybridized carbons (Fsp3) is 0.238.